The molecule has 1 atom stereocenters. The fraction of sp³-hybridized carbons (Fsp3) is 0.350. The molecule has 0 bridgehead atoms. The van der Waals surface area contributed by atoms with Gasteiger partial charge in [-0.2, -0.15) is 0 Å². The lowest BCUT2D eigenvalue weighted by Crippen LogP contribution is -2.38. The Bertz CT molecular complexity index is 680. The van der Waals surface area contributed by atoms with Gasteiger partial charge in [-0.05, 0) is 57.0 Å². The highest BCUT2D eigenvalue weighted by Gasteiger charge is 2.15. The zero-order chi connectivity index (χ0) is 17.5. The lowest BCUT2D eigenvalue weighted by Gasteiger charge is -2.17. The normalized spacial score (nSPS) is 11.7. The highest BCUT2D eigenvalue weighted by atomic mass is 16.5. The second kappa shape index (κ2) is 8.39. The molecule has 0 unspecified atom stereocenters. The topological polar surface area (TPSA) is 47.6 Å². The van der Waals surface area contributed by atoms with Gasteiger partial charge >= 0.3 is 0 Å². The van der Waals surface area contributed by atoms with Gasteiger partial charge in [0, 0.05) is 0 Å². The predicted molar refractivity (Wildman–Crippen MR) is 95.7 cm³/mol. The molecule has 0 aromatic heterocycles. The molecule has 24 heavy (non-hydrogen) atoms. The summed E-state index contributed by atoms with van der Waals surface area (Å²) < 4.78 is 11.4. The third kappa shape index (κ3) is 5.01. The summed E-state index contributed by atoms with van der Waals surface area (Å²) in [5.74, 6) is 1.39. The number of benzene rings is 2. The molecule has 2 rings (SSSR count). The minimum Gasteiger partial charge on any atom is -0.492 e. The van der Waals surface area contributed by atoms with Crippen molar-refractivity contribution in [1.29, 1.82) is 0 Å². The van der Waals surface area contributed by atoms with Gasteiger partial charge in [0.15, 0.2) is 6.10 Å². The van der Waals surface area contributed by atoms with E-state index in [1.54, 1.807) is 6.92 Å². The Morgan fingerprint density at radius 3 is 2.50 bits per heavy atom. The molecule has 4 heteroatoms. The van der Waals surface area contributed by atoms with Gasteiger partial charge in [-0.15, -0.1) is 0 Å². The van der Waals surface area contributed by atoms with Crippen molar-refractivity contribution in [3.05, 3.63) is 59.2 Å². The first kappa shape index (κ1) is 17.9. The van der Waals surface area contributed by atoms with Gasteiger partial charge < -0.3 is 14.8 Å². The maximum atomic E-state index is 12.1. The van der Waals surface area contributed by atoms with Crippen LogP contribution in [-0.2, 0) is 4.79 Å². The zero-order valence-corrected chi connectivity index (χ0v) is 14.8. The summed E-state index contributed by atoms with van der Waals surface area (Å²) in [5, 5.41) is 2.83. The van der Waals surface area contributed by atoms with E-state index >= 15 is 0 Å². The number of aryl methyl sites for hydroxylation is 2. The van der Waals surface area contributed by atoms with Crippen LogP contribution in [0.2, 0.25) is 0 Å². The highest BCUT2D eigenvalue weighted by molar-refractivity contribution is 5.80. The molecule has 1 amide bonds. The highest BCUT2D eigenvalue weighted by Crippen LogP contribution is 2.21. The molecule has 128 valence electrons. The van der Waals surface area contributed by atoms with Gasteiger partial charge in [-0.1, -0.05) is 29.8 Å². The maximum absolute atomic E-state index is 12.1. The zero-order valence-electron chi connectivity index (χ0n) is 14.8. The Hall–Kier alpha value is -2.49. The van der Waals surface area contributed by atoms with E-state index in [-0.39, 0.29) is 5.91 Å². The van der Waals surface area contributed by atoms with E-state index in [1.807, 2.05) is 63.2 Å². The van der Waals surface area contributed by atoms with Crippen LogP contribution >= 0.6 is 0 Å². The second-order valence-electron chi connectivity index (χ2n) is 5.91. The minimum atomic E-state index is -0.551. The molecule has 2 aromatic carbocycles. The van der Waals surface area contributed by atoms with Gasteiger partial charge in [-0.25, -0.2) is 0 Å². The van der Waals surface area contributed by atoms with E-state index in [4.69, 9.17) is 9.47 Å². The largest absolute Gasteiger partial charge is 0.492 e. The molecule has 0 aliphatic rings. The summed E-state index contributed by atoms with van der Waals surface area (Å²) in [7, 11) is 0. The first-order valence-electron chi connectivity index (χ1n) is 8.17. The molecule has 4 nitrogen and oxygen atoms in total. The molecule has 0 saturated heterocycles. The minimum absolute atomic E-state index is 0.150. The molecule has 0 fully saturated rings. The summed E-state index contributed by atoms with van der Waals surface area (Å²) in [6, 6.07) is 13.7. The van der Waals surface area contributed by atoms with Crippen LogP contribution in [0.3, 0.4) is 0 Å². The average molecular weight is 327 g/mol. The molecule has 0 heterocycles. The van der Waals surface area contributed by atoms with Crippen molar-refractivity contribution in [2.75, 3.05) is 13.2 Å². The number of carbonyl (C=O) groups excluding carboxylic acids is 1. The summed E-state index contributed by atoms with van der Waals surface area (Å²) in [5.41, 5.74) is 3.39. The summed E-state index contributed by atoms with van der Waals surface area (Å²) in [4.78, 5) is 12.1. The third-order valence-corrected chi connectivity index (χ3v) is 3.92. The van der Waals surface area contributed by atoms with Crippen LogP contribution in [0, 0.1) is 20.8 Å². The quantitative estimate of drug-likeness (QED) is 0.791. The number of hydrogen-bond donors (Lipinski definition) is 1. The van der Waals surface area contributed by atoms with Crippen LogP contribution < -0.4 is 14.8 Å². The van der Waals surface area contributed by atoms with Crippen LogP contribution in [0.15, 0.2) is 42.5 Å². The molecular formula is C20H25NO3. The number of hydrogen-bond acceptors (Lipinski definition) is 3. The van der Waals surface area contributed by atoms with E-state index in [0.717, 1.165) is 22.6 Å². The second-order valence-corrected chi connectivity index (χ2v) is 5.91. The fourth-order valence-electron chi connectivity index (χ4n) is 2.22. The van der Waals surface area contributed by atoms with Crippen LogP contribution in [-0.4, -0.2) is 25.2 Å². The summed E-state index contributed by atoms with van der Waals surface area (Å²) >= 11 is 0. The molecule has 0 aliphatic heterocycles. The summed E-state index contributed by atoms with van der Waals surface area (Å²) in [6.07, 6.45) is -0.551. The Morgan fingerprint density at radius 1 is 1.08 bits per heavy atom. The SMILES string of the molecule is Cc1ccc(OCCNC(=O)[C@@H](C)Oc2cccc(C)c2C)cc1. The molecule has 2 aromatic rings. The number of carbonyl (C=O) groups is 1. The van der Waals surface area contributed by atoms with E-state index < -0.39 is 6.10 Å². The smallest absolute Gasteiger partial charge is 0.260 e. The van der Waals surface area contributed by atoms with Gasteiger partial charge in [-0.3, -0.25) is 4.79 Å². The average Bonchev–Trinajstić information content (AvgIpc) is 2.57. The first-order valence-corrected chi connectivity index (χ1v) is 8.17. The molecule has 1 N–H and O–H groups in total. The lowest BCUT2D eigenvalue weighted by atomic mass is 10.1. The Labute approximate surface area is 143 Å². The van der Waals surface area contributed by atoms with Gasteiger partial charge in [0.25, 0.3) is 5.91 Å². The number of rotatable bonds is 7. The fourth-order valence-corrected chi connectivity index (χ4v) is 2.22. The standard InChI is InChI=1S/C20H25NO3/c1-14-8-10-18(11-9-14)23-13-12-21-20(22)17(4)24-19-7-5-6-15(2)16(19)3/h5-11,17H,12-13H2,1-4H3,(H,21,22)/t17-/m1/s1. The van der Waals surface area contributed by atoms with Gasteiger partial charge in [0.2, 0.25) is 0 Å². The van der Waals surface area contributed by atoms with Crippen molar-refractivity contribution in [2.24, 2.45) is 0 Å². The Morgan fingerprint density at radius 2 is 1.79 bits per heavy atom. The van der Waals surface area contributed by atoms with Crippen molar-refractivity contribution in [3.63, 3.8) is 0 Å². The van der Waals surface area contributed by atoms with Crippen molar-refractivity contribution in [2.45, 2.75) is 33.8 Å². The molecule has 0 saturated carbocycles. The third-order valence-electron chi connectivity index (χ3n) is 3.92. The van der Waals surface area contributed by atoms with Crippen LogP contribution in [0.5, 0.6) is 11.5 Å². The van der Waals surface area contributed by atoms with E-state index in [2.05, 4.69) is 5.32 Å². The maximum Gasteiger partial charge on any atom is 0.260 e. The first-order chi connectivity index (χ1) is 11.5. The molecule has 0 radical (unpaired) electrons. The monoisotopic (exact) mass is 327 g/mol. The van der Waals surface area contributed by atoms with Crippen molar-refractivity contribution in [3.8, 4) is 11.5 Å². The number of nitrogens with one attached hydrogen (secondary N) is 1. The van der Waals surface area contributed by atoms with Crippen LogP contribution in [0.1, 0.15) is 23.6 Å². The van der Waals surface area contributed by atoms with Crippen LogP contribution in [0.25, 0.3) is 0 Å². The van der Waals surface area contributed by atoms with Gasteiger partial charge in [0.1, 0.15) is 18.1 Å². The molecular weight excluding hydrogens is 302 g/mol. The lowest BCUT2D eigenvalue weighted by molar-refractivity contribution is -0.127. The van der Waals surface area contributed by atoms with E-state index in [1.165, 1.54) is 5.56 Å². The number of amides is 1. The van der Waals surface area contributed by atoms with Crippen molar-refractivity contribution in [1.82, 2.24) is 5.32 Å². The Kier molecular flexibility index (Phi) is 6.24. The number of ether oxygens (including phenoxy) is 2. The van der Waals surface area contributed by atoms with E-state index in [9.17, 15) is 4.79 Å². The van der Waals surface area contributed by atoms with Crippen LogP contribution in [0.4, 0.5) is 0 Å². The van der Waals surface area contributed by atoms with E-state index in [0.29, 0.717) is 13.2 Å². The van der Waals surface area contributed by atoms with Crippen molar-refractivity contribution < 1.29 is 14.3 Å². The van der Waals surface area contributed by atoms with Gasteiger partial charge in [0.05, 0.1) is 6.54 Å². The van der Waals surface area contributed by atoms with Crippen molar-refractivity contribution >= 4 is 5.91 Å². The summed E-state index contributed by atoms with van der Waals surface area (Å²) in [6.45, 7) is 8.65. The molecule has 0 spiro atoms. The predicted octanol–water partition coefficient (Wildman–Crippen LogP) is 3.57. The Balaban J connectivity index is 1.75. The molecule has 0 aliphatic carbocycles.